The largest absolute Gasteiger partial charge is 0.378 e. The molecule has 0 aromatic carbocycles. The number of nitrogens with one attached hydrogen (secondary N) is 2. The van der Waals surface area contributed by atoms with E-state index in [1.54, 1.807) is 7.11 Å². The monoisotopic (exact) mass is 272 g/mol. The van der Waals surface area contributed by atoms with Crippen molar-refractivity contribution in [3.05, 3.63) is 0 Å². The second kappa shape index (κ2) is 6.68. The quantitative estimate of drug-likeness (QED) is 0.728. The molecule has 0 saturated carbocycles. The molecule has 0 aliphatic carbocycles. The highest BCUT2D eigenvalue weighted by atomic mass is 16.5. The maximum atomic E-state index is 12.1. The molecular weight excluding hydrogens is 244 g/mol. The van der Waals surface area contributed by atoms with Gasteiger partial charge in [0.05, 0.1) is 12.6 Å². The Kier molecular flexibility index (Phi) is 5.77. The first-order valence-electron chi connectivity index (χ1n) is 7.02. The van der Waals surface area contributed by atoms with Gasteiger partial charge in [0, 0.05) is 32.2 Å². The first kappa shape index (κ1) is 16.4. The van der Waals surface area contributed by atoms with Crippen LogP contribution in [0.4, 0.5) is 0 Å². The predicted octanol–water partition coefficient (Wildman–Crippen LogP) is 1.07. The van der Waals surface area contributed by atoms with E-state index >= 15 is 0 Å². The van der Waals surface area contributed by atoms with Crippen LogP contribution in [0.3, 0.4) is 0 Å². The Hall–Kier alpha value is -0.650. The summed E-state index contributed by atoms with van der Waals surface area (Å²) in [7, 11) is 1.70. The van der Waals surface area contributed by atoms with Crippen LogP contribution in [0.25, 0.3) is 0 Å². The molecule has 1 rings (SSSR count). The lowest BCUT2D eigenvalue weighted by Crippen LogP contribution is -2.54. The zero-order chi connectivity index (χ0) is 14.5. The lowest BCUT2D eigenvalue weighted by molar-refractivity contribution is -0.124. The molecule has 0 aromatic rings. The number of methoxy groups -OCH3 is 1. The minimum Gasteiger partial charge on any atom is -0.378 e. The third-order valence-corrected chi connectivity index (χ3v) is 3.97. The minimum absolute atomic E-state index is 0.0250. The van der Waals surface area contributed by atoms with Crippen LogP contribution in [0.5, 0.6) is 0 Å². The van der Waals surface area contributed by atoms with E-state index in [-0.39, 0.29) is 23.1 Å². The van der Waals surface area contributed by atoms with Gasteiger partial charge in [-0.05, 0) is 27.2 Å². The van der Waals surface area contributed by atoms with Crippen LogP contribution < -0.4 is 10.6 Å². The van der Waals surface area contributed by atoms with Crippen LogP contribution in [0.15, 0.2) is 0 Å². The lowest BCUT2D eigenvalue weighted by atomic mass is 10.0. The van der Waals surface area contributed by atoms with Crippen molar-refractivity contribution in [3.63, 3.8) is 0 Å². The van der Waals surface area contributed by atoms with Gasteiger partial charge in [-0.15, -0.1) is 0 Å². The molecule has 2 unspecified atom stereocenters. The van der Waals surface area contributed by atoms with Gasteiger partial charge < -0.3 is 20.1 Å². The molecule has 112 valence electrons. The van der Waals surface area contributed by atoms with Gasteiger partial charge in [-0.2, -0.15) is 0 Å². The fraction of sp³-hybridized carbons (Fsp3) is 0.929. The Bertz CT molecular complexity index is 299. The highest BCUT2D eigenvalue weighted by Crippen LogP contribution is 2.21. The van der Waals surface area contributed by atoms with Gasteiger partial charge in [0.1, 0.15) is 5.60 Å². The van der Waals surface area contributed by atoms with Gasteiger partial charge in [0.25, 0.3) is 0 Å². The Labute approximate surface area is 116 Å². The van der Waals surface area contributed by atoms with E-state index in [2.05, 4.69) is 17.6 Å². The second-order valence-corrected chi connectivity index (χ2v) is 6.02. The number of carbonyl (C=O) groups excluding carboxylic acids is 1. The molecule has 1 heterocycles. The molecule has 1 amide bonds. The SMILES string of the molecule is CCC(C)(C)NC(=O)C(C)NCC1(OC)CCOC1. The van der Waals surface area contributed by atoms with Crippen LogP contribution >= 0.6 is 0 Å². The molecule has 5 heteroatoms. The van der Waals surface area contributed by atoms with Gasteiger partial charge in [0.15, 0.2) is 0 Å². The molecule has 0 spiro atoms. The second-order valence-electron chi connectivity index (χ2n) is 6.02. The van der Waals surface area contributed by atoms with Gasteiger partial charge in [0.2, 0.25) is 5.91 Å². The Morgan fingerprint density at radius 1 is 1.53 bits per heavy atom. The van der Waals surface area contributed by atoms with Gasteiger partial charge in [-0.25, -0.2) is 0 Å². The van der Waals surface area contributed by atoms with Crippen LogP contribution in [-0.4, -0.2) is 50.0 Å². The topological polar surface area (TPSA) is 59.6 Å². The highest BCUT2D eigenvalue weighted by molar-refractivity contribution is 5.81. The lowest BCUT2D eigenvalue weighted by Gasteiger charge is -2.30. The number of hydrogen-bond donors (Lipinski definition) is 2. The smallest absolute Gasteiger partial charge is 0.237 e. The van der Waals surface area contributed by atoms with E-state index in [4.69, 9.17) is 9.47 Å². The zero-order valence-electron chi connectivity index (χ0n) is 12.8. The van der Waals surface area contributed by atoms with Gasteiger partial charge in [-0.3, -0.25) is 4.79 Å². The normalized spacial score (nSPS) is 25.3. The summed E-state index contributed by atoms with van der Waals surface area (Å²) in [6.07, 6.45) is 1.77. The molecule has 1 aliphatic rings. The Balaban J connectivity index is 2.42. The summed E-state index contributed by atoms with van der Waals surface area (Å²) < 4.78 is 10.9. The molecular formula is C14H28N2O3. The zero-order valence-corrected chi connectivity index (χ0v) is 12.8. The van der Waals surface area contributed by atoms with Crippen molar-refractivity contribution < 1.29 is 14.3 Å². The van der Waals surface area contributed by atoms with Crippen LogP contribution in [0.2, 0.25) is 0 Å². The third-order valence-electron chi connectivity index (χ3n) is 3.97. The summed E-state index contributed by atoms with van der Waals surface area (Å²) >= 11 is 0. The summed E-state index contributed by atoms with van der Waals surface area (Å²) in [5.41, 5.74) is -0.447. The highest BCUT2D eigenvalue weighted by Gasteiger charge is 2.35. The predicted molar refractivity (Wildman–Crippen MR) is 75.2 cm³/mol. The maximum absolute atomic E-state index is 12.1. The minimum atomic E-state index is -0.283. The Morgan fingerprint density at radius 2 is 2.21 bits per heavy atom. The van der Waals surface area contributed by atoms with Crippen molar-refractivity contribution in [1.29, 1.82) is 0 Å². The van der Waals surface area contributed by atoms with E-state index in [9.17, 15) is 4.79 Å². The van der Waals surface area contributed by atoms with Crippen LogP contribution in [0, 0.1) is 0 Å². The van der Waals surface area contributed by atoms with E-state index < -0.39 is 0 Å². The number of amides is 1. The molecule has 19 heavy (non-hydrogen) atoms. The molecule has 2 atom stereocenters. The molecule has 5 nitrogen and oxygen atoms in total. The first-order chi connectivity index (χ1) is 8.84. The molecule has 0 aromatic heterocycles. The van der Waals surface area contributed by atoms with E-state index in [1.165, 1.54) is 0 Å². The molecule has 0 bridgehead atoms. The third kappa shape index (κ3) is 4.75. The Morgan fingerprint density at radius 3 is 2.68 bits per heavy atom. The standard InChI is InChI=1S/C14H28N2O3/c1-6-13(3,4)16-12(17)11(2)15-9-14(18-5)7-8-19-10-14/h11,15H,6-10H2,1-5H3,(H,16,17). The van der Waals surface area contributed by atoms with E-state index in [0.717, 1.165) is 19.4 Å². The van der Waals surface area contributed by atoms with Gasteiger partial charge >= 0.3 is 0 Å². The van der Waals surface area contributed by atoms with Crippen LogP contribution in [-0.2, 0) is 14.3 Å². The van der Waals surface area contributed by atoms with Crippen molar-refractivity contribution in [2.75, 3.05) is 26.9 Å². The molecule has 1 fully saturated rings. The van der Waals surface area contributed by atoms with Gasteiger partial charge in [-0.1, -0.05) is 6.92 Å². The van der Waals surface area contributed by atoms with Crippen molar-refractivity contribution in [1.82, 2.24) is 10.6 Å². The number of ether oxygens (including phenoxy) is 2. The average Bonchev–Trinajstić information content (AvgIpc) is 2.85. The fourth-order valence-corrected chi connectivity index (χ4v) is 1.92. The number of carbonyl (C=O) groups is 1. The summed E-state index contributed by atoms with van der Waals surface area (Å²) in [6.45, 7) is 9.93. The molecule has 0 radical (unpaired) electrons. The average molecular weight is 272 g/mol. The van der Waals surface area contributed by atoms with Crippen molar-refractivity contribution >= 4 is 5.91 Å². The van der Waals surface area contributed by atoms with Crippen LogP contribution in [0.1, 0.15) is 40.5 Å². The number of hydrogen-bond acceptors (Lipinski definition) is 4. The van der Waals surface area contributed by atoms with E-state index in [0.29, 0.717) is 13.2 Å². The first-order valence-corrected chi connectivity index (χ1v) is 7.02. The summed E-state index contributed by atoms with van der Waals surface area (Å²) in [6, 6.07) is -0.238. The number of rotatable bonds is 7. The van der Waals surface area contributed by atoms with Crippen molar-refractivity contribution in [3.8, 4) is 0 Å². The van der Waals surface area contributed by atoms with Crippen molar-refractivity contribution in [2.24, 2.45) is 0 Å². The summed E-state index contributed by atoms with van der Waals surface area (Å²) in [5.74, 6) is 0.0250. The molecule has 1 saturated heterocycles. The fourth-order valence-electron chi connectivity index (χ4n) is 1.92. The summed E-state index contributed by atoms with van der Waals surface area (Å²) in [5, 5.41) is 6.28. The summed E-state index contributed by atoms with van der Waals surface area (Å²) in [4.78, 5) is 12.1. The molecule has 1 aliphatic heterocycles. The molecule has 2 N–H and O–H groups in total. The maximum Gasteiger partial charge on any atom is 0.237 e. The van der Waals surface area contributed by atoms with Crippen molar-refractivity contribution in [2.45, 2.75) is 57.7 Å². The van der Waals surface area contributed by atoms with E-state index in [1.807, 2.05) is 20.8 Å².